The molecule has 0 saturated heterocycles. The van der Waals surface area contributed by atoms with Crippen molar-refractivity contribution in [1.29, 1.82) is 0 Å². The van der Waals surface area contributed by atoms with E-state index in [1.165, 1.54) is 12.5 Å². The lowest BCUT2D eigenvalue weighted by atomic mass is 10.2. The van der Waals surface area contributed by atoms with Gasteiger partial charge in [-0.15, -0.1) is 0 Å². The Morgan fingerprint density at radius 2 is 2.10 bits per heavy atom. The first kappa shape index (κ1) is 12.8. The van der Waals surface area contributed by atoms with Crippen LogP contribution in [0.15, 0.2) is 36.9 Å². The second-order valence-corrected chi connectivity index (χ2v) is 4.61. The largest absolute Gasteiger partial charge is 0.305 e. The molecule has 6 nitrogen and oxygen atoms in total. The summed E-state index contributed by atoms with van der Waals surface area (Å²) in [4.78, 5) is 19.8. The molecule has 100 valence electrons. The van der Waals surface area contributed by atoms with E-state index in [4.69, 9.17) is 23.2 Å². The number of nitrogens with one attached hydrogen (secondary N) is 1. The number of halogens is 2. The van der Waals surface area contributed by atoms with E-state index >= 15 is 0 Å². The van der Waals surface area contributed by atoms with Crippen molar-refractivity contribution in [2.75, 3.05) is 5.32 Å². The van der Waals surface area contributed by atoms with E-state index in [1.54, 1.807) is 16.8 Å². The molecule has 20 heavy (non-hydrogen) atoms. The van der Waals surface area contributed by atoms with Gasteiger partial charge in [0.05, 0.1) is 17.3 Å². The van der Waals surface area contributed by atoms with Crippen LogP contribution in [0.3, 0.4) is 0 Å². The fourth-order valence-electron chi connectivity index (χ4n) is 1.72. The zero-order valence-corrected chi connectivity index (χ0v) is 11.4. The van der Waals surface area contributed by atoms with Gasteiger partial charge in [0.25, 0.3) is 5.91 Å². The van der Waals surface area contributed by atoms with E-state index in [-0.39, 0.29) is 21.9 Å². The molecule has 0 atom stereocenters. The van der Waals surface area contributed by atoms with Crippen LogP contribution in [0.4, 0.5) is 5.82 Å². The summed E-state index contributed by atoms with van der Waals surface area (Å²) in [7, 11) is 0. The second kappa shape index (κ2) is 5.07. The Morgan fingerprint density at radius 1 is 1.25 bits per heavy atom. The van der Waals surface area contributed by atoms with E-state index in [9.17, 15) is 4.79 Å². The third kappa shape index (κ3) is 2.19. The average Bonchev–Trinajstić information content (AvgIpc) is 2.88. The summed E-state index contributed by atoms with van der Waals surface area (Å²) in [5.41, 5.74) is 1.10. The van der Waals surface area contributed by atoms with Crippen molar-refractivity contribution in [2.45, 2.75) is 0 Å². The molecule has 3 heterocycles. The summed E-state index contributed by atoms with van der Waals surface area (Å²) in [6, 6.07) is 5.43. The van der Waals surface area contributed by atoms with Crippen LogP contribution in [0.1, 0.15) is 10.4 Å². The Labute approximate surface area is 123 Å². The fraction of sp³-hybridized carbons (Fsp3) is 0. The minimum Gasteiger partial charge on any atom is -0.305 e. The van der Waals surface area contributed by atoms with Crippen LogP contribution in [0.2, 0.25) is 10.2 Å². The first-order valence-corrected chi connectivity index (χ1v) is 6.32. The highest BCUT2D eigenvalue weighted by molar-refractivity contribution is 6.43. The maximum Gasteiger partial charge on any atom is 0.260 e. The lowest BCUT2D eigenvalue weighted by Gasteiger charge is -2.05. The molecule has 0 unspecified atom stereocenters. The molecular formula is C12H7Cl2N5O. The predicted molar refractivity (Wildman–Crippen MR) is 75.2 cm³/mol. The van der Waals surface area contributed by atoms with Gasteiger partial charge in [0.2, 0.25) is 0 Å². The molecule has 0 spiro atoms. The first-order valence-electron chi connectivity index (χ1n) is 5.56. The molecule has 0 bridgehead atoms. The van der Waals surface area contributed by atoms with Gasteiger partial charge < -0.3 is 5.32 Å². The molecule has 1 N–H and O–H groups in total. The van der Waals surface area contributed by atoms with E-state index in [0.717, 1.165) is 0 Å². The molecule has 0 aromatic carbocycles. The molecule has 0 aliphatic heterocycles. The van der Waals surface area contributed by atoms with Crippen LogP contribution in [-0.2, 0) is 0 Å². The van der Waals surface area contributed by atoms with Crippen molar-refractivity contribution in [3.8, 4) is 0 Å². The Kier molecular flexibility index (Phi) is 3.25. The smallest absolute Gasteiger partial charge is 0.260 e. The molecule has 0 aliphatic rings. The van der Waals surface area contributed by atoms with E-state index in [0.29, 0.717) is 11.1 Å². The van der Waals surface area contributed by atoms with Gasteiger partial charge in [0, 0.05) is 6.20 Å². The Morgan fingerprint density at radius 3 is 2.95 bits per heavy atom. The molecule has 0 radical (unpaired) electrons. The van der Waals surface area contributed by atoms with E-state index < -0.39 is 0 Å². The van der Waals surface area contributed by atoms with Crippen molar-refractivity contribution < 1.29 is 4.79 Å². The van der Waals surface area contributed by atoms with Crippen LogP contribution in [0, 0.1) is 0 Å². The quantitative estimate of drug-likeness (QED) is 0.739. The number of nitrogens with zero attached hydrogens (tertiary/aromatic N) is 4. The second-order valence-electron chi connectivity index (χ2n) is 3.87. The van der Waals surface area contributed by atoms with Gasteiger partial charge in [-0.2, -0.15) is 5.10 Å². The van der Waals surface area contributed by atoms with Crippen molar-refractivity contribution in [3.05, 3.63) is 52.7 Å². The third-order valence-electron chi connectivity index (χ3n) is 2.65. The summed E-state index contributed by atoms with van der Waals surface area (Å²) in [6.07, 6.45) is 4.45. The van der Waals surface area contributed by atoms with Crippen LogP contribution in [0.25, 0.3) is 5.52 Å². The van der Waals surface area contributed by atoms with Gasteiger partial charge in [-0.25, -0.2) is 14.5 Å². The number of carbonyl (C=O) groups excluding carboxylic acids is 1. The number of pyridine rings is 1. The molecule has 0 saturated carbocycles. The van der Waals surface area contributed by atoms with Crippen molar-refractivity contribution >= 4 is 40.4 Å². The van der Waals surface area contributed by atoms with Gasteiger partial charge in [0.15, 0.2) is 11.0 Å². The maximum atomic E-state index is 12.2. The van der Waals surface area contributed by atoms with Gasteiger partial charge in [0.1, 0.15) is 11.3 Å². The SMILES string of the molecule is O=C(Nc1ncnc(Cl)c1Cl)c1cnn2ccccc12. The normalized spacial score (nSPS) is 10.7. The summed E-state index contributed by atoms with van der Waals surface area (Å²) >= 11 is 11.7. The van der Waals surface area contributed by atoms with E-state index in [1.807, 2.05) is 12.1 Å². The molecule has 3 aromatic heterocycles. The number of hydrogen-bond donors (Lipinski definition) is 1. The highest BCUT2D eigenvalue weighted by atomic mass is 35.5. The fourth-order valence-corrected chi connectivity index (χ4v) is 2.00. The number of anilines is 1. The maximum absolute atomic E-state index is 12.2. The third-order valence-corrected chi connectivity index (χ3v) is 3.39. The molecule has 0 fully saturated rings. The molecule has 8 heteroatoms. The minimum absolute atomic E-state index is 0.0804. The Balaban J connectivity index is 1.95. The van der Waals surface area contributed by atoms with Gasteiger partial charge in [-0.05, 0) is 12.1 Å². The van der Waals surface area contributed by atoms with Crippen molar-refractivity contribution in [2.24, 2.45) is 0 Å². The van der Waals surface area contributed by atoms with Gasteiger partial charge in [-0.1, -0.05) is 29.3 Å². The number of carbonyl (C=O) groups is 1. The predicted octanol–water partition coefficient (Wildman–Crippen LogP) is 2.68. The summed E-state index contributed by atoms with van der Waals surface area (Å²) in [6.45, 7) is 0. The van der Waals surface area contributed by atoms with Crippen LogP contribution < -0.4 is 5.32 Å². The lowest BCUT2D eigenvalue weighted by Crippen LogP contribution is -2.13. The van der Waals surface area contributed by atoms with Crippen LogP contribution in [-0.4, -0.2) is 25.5 Å². The topological polar surface area (TPSA) is 72.2 Å². The molecule has 0 aliphatic carbocycles. The minimum atomic E-state index is -0.372. The monoisotopic (exact) mass is 307 g/mol. The number of amides is 1. The average molecular weight is 308 g/mol. The molecule has 3 rings (SSSR count). The zero-order chi connectivity index (χ0) is 14.1. The zero-order valence-electron chi connectivity index (χ0n) is 9.92. The van der Waals surface area contributed by atoms with E-state index in [2.05, 4.69) is 20.4 Å². The first-order chi connectivity index (χ1) is 9.66. The van der Waals surface area contributed by atoms with Crippen molar-refractivity contribution in [1.82, 2.24) is 19.6 Å². The van der Waals surface area contributed by atoms with Crippen LogP contribution >= 0.6 is 23.2 Å². The van der Waals surface area contributed by atoms with Crippen LogP contribution in [0.5, 0.6) is 0 Å². The summed E-state index contributed by atoms with van der Waals surface area (Å²) in [5.74, 6) is -0.213. The highest BCUT2D eigenvalue weighted by Crippen LogP contribution is 2.26. The standard InChI is InChI=1S/C12H7Cl2N5O/c13-9-10(14)15-6-16-11(9)18-12(20)7-5-17-19-4-2-1-3-8(7)19/h1-6H,(H,15,16,18,20). The Hall–Kier alpha value is -2.18. The Bertz CT molecular complexity index is 801. The number of aromatic nitrogens is 4. The molecule has 1 amide bonds. The number of fused-ring (bicyclic) bond motifs is 1. The number of rotatable bonds is 2. The molecular weight excluding hydrogens is 301 g/mol. The highest BCUT2D eigenvalue weighted by Gasteiger charge is 2.15. The number of hydrogen-bond acceptors (Lipinski definition) is 4. The summed E-state index contributed by atoms with van der Waals surface area (Å²) in [5, 5.41) is 6.85. The van der Waals surface area contributed by atoms with Gasteiger partial charge in [-0.3, -0.25) is 4.79 Å². The lowest BCUT2D eigenvalue weighted by molar-refractivity contribution is 0.102. The molecule has 3 aromatic rings. The van der Waals surface area contributed by atoms with Crippen molar-refractivity contribution in [3.63, 3.8) is 0 Å². The summed E-state index contributed by atoms with van der Waals surface area (Å²) < 4.78 is 1.60. The van der Waals surface area contributed by atoms with Gasteiger partial charge >= 0.3 is 0 Å².